The molecule has 2 unspecified atom stereocenters. The van der Waals surface area contributed by atoms with E-state index in [4.69, 9.17) is 11.6 Å². The molecule has 0 N–H and O–H groups in total. The van der Waals surface area contributed by atoms with Crippen LogP contribution in [0.25, 0.3) is 0 Å². The van der Waals surface area contributed by atoms with Crippen LogP contribution in [0.5, 0.6) is 0 Å². The summed E-state index contributed by atoms with van der Waals surface area (Å²) < 4.78 is 0. The minimum Gasteiger partial charge on any atom is -0.309 e. The Bertz CT molecular complexity index is 352. The zero-order chi connectivity index (χ0) is 12.3. The monoisotopic (exact) mass is 252 g/mol. The molecule has 3 heteroatoms. The van der Waals surface area contributed by atoms with Gasteiger partial charge in [0.25, 0.3) is 0 Å². The predicted molar refractivity (Wildman–Crippen MR) is 72.3 cm³/mol. The molecule has 0 aromatic carbocycles. The van der Waals surface area contributed by atoms with Gasteiger partial charge in [-0.1, -0.05) is 18.9 Å². The van der Waals surface area contributed by atoms with Crippen molar-refractivity contribution in [1.82, 2.24) is 9.88 Å². The summed E-state index contributed by atoms with van der Waals surface area (Å²) in [6.07, 6.45) is 6.60. The van der Waals surface area contributed by atoms with Crippen molar-refractivity contribution in [2.24, 2.45) is 5.92 Å². The molecule has 1 saturated carbocycles. The van der Waals surface area contributed by atoms with Gasteiger partial charge in [-0.05, 0) is 45.0 Å². The Balaban J connectivity index is 2.25. The van der Waals surface area contributed by atoms with E-state index in [1.54, 1.807) is 0 Å². The molecule has 0 radical (unpaired) electrons. The van der Waals surface area contributed by atoms with Crippen LogP contribution in [0.2, 0.25) is 0 Å². The van der Waals surface area contributed by atoms with Gasteiger partial charge in [0.2, 0.25) is 0 Å². The van der Waals surface area contributed by atoms with Gasteiger partial charge in [-0.3, -0.25) is 4.98 Å². The topological polar surface area (TPSA) is 16.1 Å². The molecule has 0 saturated heterocycles. The molecular weight excluding hydrogens is 232 g/mol. The van der Waals surface area contributed by atoms with Gasteiger partial charge in [0, 0.05) is 12.7 Å². The van der Waals surface area contributed by atoms with E-state index in [0.29, 0.717) is 5.92 Å². The van der Waals surface area contributed by atoms with Gasteiger partial charge >= 0.3 is 0 Å². The maximum Gasteiger partial charge on any atom is 0.0905 e. The minimum atomic E-state index is -0.260. The number of nitrogens with zero attached hydrogens (tertiary/aromatic N) is 2. The van der Waals surface area contributed by atoms with Crippen LogP contribution in [0.15, 0.2) is 24.4 Å². The van der Waals surface area contributed by atoms with Crippen LogP contribution in [0.1, 0.15) is 31.4 Å². The highest BCUT2D eigenvalue weighted by molar-refractivity contribution is 6.24. The fourth-order valence-electron chi connectivity index (χ4n) is 2.83. The van der Waals surface area contributed by atoms with E-state index in [1.165, 1.54) is 19.3 Å². The van der Waals surface area contributed by atoms with E-state index >= 15 is 0 Å². The normalized spacial score (nSPS) is 29.5. The van der Waals surface area contributed by atoms with E-state index < -0.39 is 0 Å². The van der Waals surface area contributed by atoms with Gasteiger partial charge in [-0.2, -0.15) is 0 Å². The number of halogens is 1. The fourth-order valence-corrected chi connectivity index (χ4v) is 3.25. The molecule has 0 aliphatic heterocycles. The Morgan fingerprint density at radius 2 is 2.24 bits per heavy atom. The first-order valence-electron chi connectivity index (χ1n) is 6.38. The summed E-state index contributed by atoms with van der Waals surface area (Å²) in [5, 5.41) is 0. The second-order valence-corrected chi connectivity index (χ2v) is 5.96. The van der Waals surface area contributed by atoms with Crippen molar-refractivity contribution in [3.63, 3.8) is 0 Å². The minimum absolute atomic E-state index is 0.260. The van der Waals surface area contributed by atoms with Gasteiger partial charge in [0.15, 0.2) is 0 Å². The first-order chi connectivity index (χ1) is 8.13. The molecule has 1 heterocycles. The molecule has 2 atom stereocenters. The number of hydrogen-bond donors (Lipinski definition) is 0. The highest BCUT2D eigenvalue weighted by atomic mass is 35.5. The Hall–Kier alpha value is -0.600. The summed E-state index contributed by atoms with van der Waals surface area (Å²) in [5.74, 6) is 0.503. The van der Waals surface area contributed by atoms with Crippen molar-refractivity contribution in [3.05, 3.63) is 30.1 Å². The fraction of sp³-hybridized carbons (Fsp3) is 0.643. The summed E-state index contributed by atoms with van der Waals surface area (Å²) in [6.45, 7) is 1.04. The van der Waals surface area contributed by atoms with Crippen molar-refractivity contribution in [2.75, 3.05) is 20.6 Å². The van der Waals surface area contributed by atoms with Crippen LogP contribution < -0.4 is 0 Å². The van der Waals surface area contributed by atoms with Gasteiger partial charge in [0.1, 0.15) is 0 Å². The molecule has 1 fully saturated rings. The molecule has 2 rings (SSSR count). The maximum atomic E-state index is 6.92. The molecule has 1 aliphatic carbocycles. The highest BCUT2D eigenvalue weighted by Crippen LogP contribution is 2.46. The zero-order valence-electron chi connectivity index (χ0n) is 10.7. The van der Waals surface area contributed by atoms with Crippen molar-refractivity contribution < 1.29 is 0 Å². The van der Waals surface area contributed by atoms with Crippen molar-refractivity contribution in [2.45, 2.75) is 30.6 Å². The molecule has 0 spiro atoms. The molecule has 17 heavy (non-hydrogen) atoms. The molecule has 0 bridgehead atoms. The third kappa shape index (κ3) is 2.80. The van der Waals surface area contributed by atoms with E-state index in [-0.39, 0.29) is 4.87 Å². The second-order valence-electron chi connectivity index (χ2n) is 5.28. The second kappa shape index (κ2) is 5.36. The van der Waals surface area contributed by atoms with Crippen LogP contribution in [-0.4, -0.2) is 30.5 Å². The quantitative estimate of drug-likeness (QED) is 0.768. The third-order valence-corrected chi connectivity index (χ3v) is 4.36. The van der Waals surface area contributed by atoms with Gasteiger partial charge < -0.3 is 4.90 Å². The van der Waals surface area contributed by atoms with Crippen LogP contribution >= 0.6 is 11.6 Å². The molecule has 1 aromatic rings. The van der Waals surface area contributed by atoms with Crippen molar-refractivity contribution in [1.29, 1.82) is 0 Å². The zero-order valence-corrected chi connectivity index (χ0v) is 11.5. The van der Waals surface area contributed by atoms with E-state index in [0.717, 1.165) is 18.7 Å². The Kier molecular flexibility index (Phi) is 4.05. The maximum absolute atomic E-state index is 6.92. The molecular formula is C14H21ClN2. The highest BCUT2D eigenvalue weighted by Gasteiger charge is 2.41. The predicted octanol–water partition coefficient (Wildman–Crippen LogP) is 3.27. The molecule has 1 aliphatic rings. The lowest BCUT2D eigenvalue weighted by Gasteiger charge is -2.40. The number of aromatic nitrogens is 1. The molecule has 0 amide bonds. The molecule has 2 nitrogen and oxygen atoms in total. The van der Waals surface area contributed by atoms with Crippen LogP contribution in [-0.2, 0) is 4.87 Å². The van der Waals surface area contributed by atoms with Crippen molar-refractivity contribution in [3.8, 4) is 0 Å². The summed E-state index contributed by atoms with van der Waals surface area (Å²) in [6, 6.07) is 6.06. The van der Waals surface area contributed by atoms with E-state index in [2.05, 4.69) is 30.0 Å². The standard InChI is InChI=1S/C14H21ClN2/c1-17(2)11-12-7-3-5-9-14(12,15)13-8-4-6-10-16-13/h4,6,8,10,12H,3,5,7,9,11H2,1-2H3. The average Bonchev–Trinajstić information content (AvgIpc) is 2.33. The lowest BCUT2D eigenvalue weighted by molar-refractivity contribution is 0.204. The number of pyridine rings is 1. The molecule has 94 valence electrons. The van der Waals surface area contributed by atoms with Gasteiger partial charge in [0.05, 0.1) is 10.6 Å². The third-order valence-electron chi connectivity index (χ3n) is 3.67. The Labute approximate surface area is 109 Å². The van der Waals surface area contributed by atoms with Gasteiger partial charge in [-0.15, -0.1) is 11.6 Å². The largest absolute Gasteiger partial charge is 0.309 e. The Morgan fingerprint density at radius 3 is 2.88 bits per heavy atom. The van der Waals surface area contributed by atoms with Gasteiger partial charge in [-0.25, -0.2) is 0 Å². The first kappa shape index (κ1) is 12.8. The van der Waals surface area contributed by atoms with Crippen LogP contribution in [0.4, 0.5) is 0 Å². The lowest BCUT2D eigenvalue weighted by Crippen LogP contribution is -2.39. The number of alkyl halides is 1. The smallest absolute Gasteiger partial charge is 0.0905 e. The lowest BCUT2D eigenvalue weighted by atomic mass is 9.76. The van der Waals surface area contributed by atoms with Crippen molar-refractivity contribution >= 4 is 11.6 Å². The number of hydrogen-bond acceptors (Lipinski definition) is 2. The Morgan fingerprint density at radius 1 is 1.41 bits per heavy atom. The van der Waals surface area contributed by atoms with E-state index in [1.807, 2.05) is 18.3 Å². The summed E-state index contributed by atoms with van der Waals surface area (Å²) in [5.41, 5.74) is 1.05. The summed E-state index contributed by atoms with van der Waals surface area (Å²) in [7, 11) is 4.23. The van der Waals surface area contributed by atoms with Crippen LogP contribution in [0, 0.1) is 5.92 Å². The average molecular weight is 253 g/mol. The summed E-state index contributed by atoms with van der Waals surface area (Å²) >= 11 is 6.92. The first-order valence-corrected chi connectivity index (χ1v) is 6.76. The molecule has 1 aromatic heterocycles. The SMILES string of the molecule is CN(C)CC1CCCCC1(Cl)c1ccccn1. The van der Waals surface area contributed by atoms with Crippen LogP contribution in [0.3, 0.4) is 0 Å². The number of rotatable bonds is 3. The van der Waals surface area contributed by atoms with E-state index in [9.17, 15) is 0 Å². The summed E-state index contributed by atoms with van der Waals surface area (Å²) in [4.78, 5) is 6.45.